The van der Waals surface area contributed by atoms with Gasteiger partial charge in [0.2, 0.25) is 0 Å². The molecule has 0 aliphatic carbocycles. The molecule has 0 saturated carbocycles. The summed E-state index contributed by atoms with van der Waals surface area (Å²) in [6, 6.07) is 0. The molecule has 0 aromatic rings. The largest absolute Gasteiger partial charge is 0.286 e. The average Bonchev–Trinajstić information content (AvgIpc) is 1.86. The summed E-state index contributed by atoms with van der Waals surface area (Å²) in [5.74, 6) is 0.727. The van der Waals surface area contributed by atoms with Crippen LogP contribution in [-0.2, 0) is 4.79 Å². The first-order valence-corrected chi connectivity index (χ1v) is 3.77. The molecule has 0 radical (unpaired) electrons. The molecule has 0 aromatic heterocycles. The fourth-order valence-electron chi connectivity index (χ4n) is 0.274. The van der Waals surface area contributed by atoms with E-state index in [4.69, 9.17) is 0 Å². The van der Waals surface area contributed by atoms with Gasteiger partial charge in [0.1, 0.15) is 0 Å². The van der Waals surface area contributed by atoms with E-state index in [2.05, 4.69) is 0 Å². The summed E-state index contributed by atoms with van der Waals surface area (Å²) in [7, 11) is 0. The van der Waals surface area contributed by atoms with Crippen molar-refractivity contribution in [2.24, 2.45) is 0 Å². The van der Waals surface area contributed by atoms with Crippen molar-refractivity contribution in [3.05, 3.63) is 0 Å². The van der Waals surface area contributed by atoms with Crippen LogP contribution in [0.5, 0.6) is 0 Å². The normalized spacial score (nSPS) is 22.3. The molecule has 34 valence electrons. The summed E-state index contributed by atoms with van der Waals surface area (Å²) in [4.78, 5) is 10.2. The molecule has 1 aliphatic heterocycles. The number of rotatable bonds is 0. The topological polar surface area (TPSA) is 17.1 Å². The van der Waals surface area contributed by atoms with Crippen LogP contribution in [0.3, 0.4) is 0 Å². The minimum absolute atomic E-state index is 0.333. The molecule has 0 bridgehead atoms. The second kappa shape index (κ2) is 1.89. The molecule has 0 amide bonds. The first-order chi connectivity index (χ1) is 2.89. The van der Waals surface area contributed by atoms with Crippen LogP contribution in [0.15, 0.2) is 0 Å². The number of hydrogen-bond donors (Lipinski definition) is 0. The highest BCUT2D eigenvalue weighted by atomic mass is 32.2. The van der Waals surface area contributed by atoms with Crippen molar-refractivity contribution in [2.45, 2.75) is 0 Å². The van der Waals surface area contributed by atoms with Gasteiger partial charge in [-0.05, 0) is 0 Å². The van der Waals surface area contributed by atoms with Crippen LogP contribution in [0.1, 0.15) is 0 Å². The van der Waals surface area contributed by atoms with Gasteiger partial charge in [-0.1, -0.05) is 11.8 Å². The second-order valence-corrected chi connectivity index (χ2v) is 3.37. The highest BCUT2D eigenvalue weighted by Gasteiger charge is 2.08. The molecule has 1 saturated heterocycles. The van der Waals surface area contributed by atoms with Gasteiger partial charge in [0, 0.05) is 5.08 Å². The van der Waals surface area contributed by atoms with Crippen LogP contribution in [0.4, 0.5) is 0 Å². The zero-order valence-electron chi connectivity index (χ0n) is 3.14. The Bertz CT molecular complexity index is 63.2. The van der Waals surface area contributed by atoms with Crippen LogP contribution >= 0.6 is 23.5 Å². The molecule has 1 rings (SSSR count). The summed E-state index contributed by atoms with van der Waals surface area (Å²) in [6.07, 6.45) is 0. The molecular weight excluding hydrogens is 116 g/mol. The van der Waals surface area contributed by atoms with Gasteiger partial charge in [-0.3, -0.25) is 4.79 Å². The minimum atomic E-state index is 0.333. The van der Waals surface area contributed by atoms with Crippen LogP contribution < -0.4 is 0 Å². The maximum atomic E-state index is 10.2. The fourth-order valence-corrected chi connectivity index (χ4v) is 2.22. The Balaban J connectivity index is 2.37. The van der Waals surface area contributed by atoms with Gasteiger partial charge in [-0.15, -0.1) is 11.8 Å². The number of carbonyl (C=O) groups is 1. The lowest BCUT2D eigenvalue weighted by atomic mass is 10.9. The van der Waals surface area contributed by atoms with Crippen molar-refractivity contribution in [1.82, 2.24) is 0 Å². The molecule has 0 N–H and O–H groups in total. The van der Waals surface area contributed by atoms with Gasteiger partial charge in [0.25, 0.3) is 0 Å². The smallest absolute Gasteiger partial charge is 0.199 e. The Morgan fingerprint density at radius 1 is 1.67 bits per heavy atom. The van der Waals surface area contributed by atoms with Crippen LogP contribution in [0.2, 0.25) is 0 Å². The summed E-state index contributed by atoms with van der Waals surface area (Å²) in [5.41, 5.74) is 0. The van der Waals surface area contributed by atoms with Gasteiger partial charge < -0.3 is 0 Å². The van der Waals surface area contributed by atoms with Crippen molar-refractivity contribution in [2.75, 3.05) is 10.8 Å². The first-order valence-electron chi connectivity index (χ1n) is 1.63. The average molecular weight is 120 g/mol. The summed E-state index contributed by atoms with van der Waals surface area (Å²) in [5, 5.41) is 1.30. The van der Waals surface area contributed by atoms with Crippen LogP contribution in [0, 0.1) is 0 Å². The molecule has 3 heteroatoms. The highest BCUT2D eigenvalue weighted by molar-refractivity contribution is 8.28. The van der Waals surface area contributed by atoms with Gasteiger partial charge >= 0.3 is 0 Å². The van der Waals surface area contributed by atoms with E-state index in [0.717, 1.165) is 10.8 Å². The SMILES string of the molecule is O=C1CSCS1. The summed E-state index contributed by atoms with van der Waals surface area (Å²) < 4.78 is 0. The van der Waals surface area contributed by atoms with Crippen molar-refractivity contribution in [3.8, 4) is 0 Å². The minimum Gasteiger partial charge on any atom is -0.286 e. The molecule has 1 fully saturated rings. The van der Waals surface area contributed by atoms with Crippen molar-refractivity contribution in [1.29, 1.82) is 0 Å². The second-order valence-electron chi connectivity index (χ2n) is 0.983. The lowest BCUT2D eigenvalue weighted by molar-refractivity contribution is -0.108. The predicted molar refractivity (Wildman–Crippen MR) is 29.9 cm³/mol. The lowest BCUT2D eigenvalue weighted by Crippen LogP contribution is -1.82. The molecule has 1 aliphatic rings. The molecule has 0 atom stereocenters. The highest BCUT2D eigenvalue weighted by Crippen LogP contribution is 2.22. The maximum absolute atomic E-state index is 10.2. The van der Waals surface area contributed by atoms with Gasteiger partial charge in [-0.2, -0.15) is 0 Å². The zero-order valence-corrected chi connectivity index (χ0v) is 4.77. The van der Waals surface area contributed by atoms with E-state index in [1.54, 1.807) is 11.8 Å². The molecule has 1 nitrogen and oxygen atoms in total. The quantitative estimate of drug-likeness (QED) is 0.474. The maximum Gasteiger partial charge on any atom is 0.199 e. The van der Waals surface area contributed by atoms with Gasteiger partial charge in [0.15, 0.2) is 5.12 Å². The molecule has 1 heterocycles. The third-order valence-electron chi connectivity index (χ3n) is 0.523. The van der Waals surface area contributed by atoms with E-state index in [9.17, 15) is 4.79 Å². The number of thioether (sulfide) groups is 2. The number of hydrogen-bond acceptors (Lipinski definition) is 3. The first kappa shape index (κ1) is 4.53. The lowest BCUT2D eigenvalue weighted by Gasteiger charge is -1.69. The van der Waals surface area contributed by atoms with Gasteiger partial charge in [-0.25, -0.2) is 0 Å². The molecule has 0 aromatic carbocycles. The monoisotopic (exact) mass is 120 g/mol. The van der Waals surface area contributed by atoms with Crippen molar-refractivity contribution < 1.29 is 4.79 Å². The molecule has 0 unspecified atom stereocenters. The van der Waals surface area contributed by atoms with Crippen molar-refractivity contribution >= 4 is 28.6 Å². The van der Waals surface area contributed by atoms with E-state index >= 15 is 0 Å². The molecule has 6 heavy (non-hydrogen) atoms. The van der Waals surface area contributed by atoms with Crippen molar-refractivity contribution in [3.63, 3.8) is 0 Å². The summed E-state index contributed by atoms with van der Waals surface area (Å²) in [6.45, 7) is 0. The summed E-state index contributed by atoms with van der Waals surface area (Å²) >= 11 is 3.12. The van der Waals surface area contributed by atoms with E-state index in [1.807, 2.05) is 0 Å². The van der Waals surface area contributed by atoms with E-state index in [1.165, 1.54) is 11.8 Å². The predicted octanol–water partition coefficient (Wildman–Crippen LogP) is 0.951. The number of carbonyl (C=O) groups excluding carboxylic acids is 1. The third-order valence-corrected chi connectivity index (χ3v) is 2.78. The van der Waals surface area contributed by atoms with Crippen LogP contribution in [0.25, 0.3) is 0 Å². The van der Waals surface area contributed by atoms with E-state index in [0.29, 0.717) is 5.12 Å². The Hall–Kier alpha value is 0.370. The fraction of sp³-hybridized carbons (Fsp3) is 0.667. The molecular formula is C3H4OS2. The van der Waals surface area contributed by atoms with Gasteiger partial charge in [0.05, 0.1) is 5.75 Å². The Kier molecular flexibility index (Phi) is 1.42. The third kappa shape index (κ3) is 0.914. The van der Waals surface area contributed by atoms with E-state index in [-0.39, 0.29) is 0 Å². The van der Waals surface area contributed by atoms with Crippen LogP contribution in [-0.4, -0.2) is 16.0 Å². The zero-order chi connectivity index (χ0) is 4.41. The Morgan fingerprint density at radius 2 is 2.50 bits per heavy atom. The molecule has 0 spiro atoms. The standard InChI is InChI=1S/C3H4OS2/c4-3-1-5-2-6-3/h1-2H2. The Labute approximate surface area is 44.9 Å². The van der Waals surface area contributed by atoms with E-state index < -0.39 is 0 Å². The Morgan fingerprint density at radius 3 is 2.67 bits per heavy atom.